The van der Waals surface area contributed by atoms with E-state index in [1.54, 1.807) is 20.9 Å². The van der Waals surface area contributed by atoms with Gasteiger partial charge in [0.1, 0.15) is 18.1 Å². The molecule has 0 unspecified atom stereocenters. The number of rotatable bonds is 12. The van der Waals surface area contributed by atoms with E-state index in [4.69, 9.17) is 4.74 Å². The molecule has 1 aliphatic rings. The average Bonchev–Trinajstić information content (AvgIpc) is 3.76. The van der Waals surface area contributed by atoms with Crippen molar-refractivity contribution in [1.82, 2.24) is 25.2 Å². The summed E-state index contributed by atoms with van der Waals surface area (Å²) < 4.78 is 7.34. The van der Waals surface area contributed by atoms with Gasteiger partial charge in [0, 0.05) is 36.8 Å². The van der Waals surface area contributed by atoms with Gasteiger partial charge >= 0.3 is 0 Å². The van der Waals surface area contributed by atoms with Crippen LogP contribution in [-0.4, -0.2) is 64.1 Å². The Hall–Kier alpha value is -3.76. The third-order valence-corrected chi connectivity index (χ3v) is 8.22. The second kappa shape index (κ2) is 13.1. The molecule has 2 amide bonds. The largest absolute Gasteiger partial charge is 0.376 e. The van der Waals surface area contributed by atoms with Crippen molar-refractivity contribution in [3.63, 3.8) is 0 Å². The van der Waals surface area contributed by atoms with Crippen molar-refractivity contribution in [2.24, 2.45) is 0 Å². The molecule has 0 saturated carbocycles. The van der Waals surface area contributed by atoms with Crippen LogP contribution in [0.2, 0.25) is 0 Å². The van der Waals surface area contributed by atoms with Crippen molar-refractivity contribution >= 4 is 39.9 Å². The smallest absolute Gasteiger partial charge is 0.247 e. The summed E-state index contributed by atoms with van der Waals surface area (Å²) >= 11 is 1.56. The number of amides is 2. The highest BCUT2D eigenvalue weighted by Gasteiger charge is 2.33. The highest BCUT2D eigenvalue weighted by atomic mass is 32.1. The molecule has 0 bridgehead atoms. The van der Waals surface area contributed by atoms with E-state index in [1.807, 2.05) is 66.0 Å². The highest BCUT2D eigenvalue weighted by molar-refractivity contribution is 7.09. The molecule has 4 aromatic rings. The lowest BCUT2D eigenvalue weighted by atomic mass is 10.0. The van der Waals surface area contributed by atoms with Crippen molar-refractivity contribution in [3.05, 3.63) is 76.5 Å². The normalized spacial score (nSPS) is 15.7. The average molecular weight is 561 g/mol. The van der Waals surface area contributed by atoms with Gasteiger partial charge in [0.2, 0.25) is 11.8 Å². The summed E-state index contributed by atoms with van der Waals surface area (Å²) in [6.07, 6.45) is 1.91. The zero-order valence-electron chi connectivity index (χ0n) is 23.0. The molecule has 1 N–H and O–H groups in total. The predicted octanol–water partition coefficient (Wildman–Crippen LogP) is 4.40. The van der Waals surface area contributed by atoms with Crippen LogP contribution in [0.3, 0.4) is 0 Å². The second-order valence-corrected chi connectivity index (χ2v) is 10.9. The number of aromatic nitrogens is 3. The molecule has 1 aliphatic heterocycles. The molecule has 1 fully saturated rings. The molecule has 5 rings (SSSR count). The Bertz CT molecular complexity index is 1390. The van der Waals surface area contributed by atoms with Gasteiger partial charge in [0.25, 0.3) is 0 Å². The molecule has 2 atom stereocenters. The van der Waals surface area contributed by atoms with Gasteiger partial charge in [0.15, 0.2) is 0 Å². The van der Waals surface area contributed by atoms with Crippen LogP contribution in [0.5, 0.6) is 0 Å². The van der Waals surface area contributed by atoms with E-state index in [1.165, 1.54) is 0 Å². The molecule has 0 aliphatic carbocycles. The molecule has 3 heterocycles. The van der Waals surface area contributed by atoms with Crippen LogP contribution in [0.25, 0.3) is 11.0 Å². The number of hydrogen-bond acceptors (Lipinski definition) is 7. The minimum absolute atomic E-state index is 0.00222. The molecular weight excluding hydrogens is 524 g/mol. The summed E-state index contributed by atoms with van der Waals surface area (Å²) in [7, 11) is 0. The summed E-state index contributed by atoms with van der Waals surface area (Å²) in [5.74, 6) is -0.436. The van der Waals surface area contributed by atoms with E-state index < -0.39 is 6.04 Å². The van der Waals surface area contributed by atoms with Crippen molar-refractivity contribution in [1.29, 1.82) is 0 Å². The van der Waals surface area contributed by atoms with Gasteiger partial charge in [0.05, 0.1) is 18.2 Å². The Morgan fingerprint density at radius 1 is 1.10 bits per heavy atom. The number of ether oxygens (including phenoxy) is 1. The van der Waals surface area contributed by atoms with Crippen LogP contribution in [0.15, 0.2) is 66.0 Å². The predicted molar refractivity (Wildman–Crippen MR) is 157 cm³/mol. The molecule has 40 heavy (non-hydrogen) atoms. The molecular formula is C30H36N6O3S. The van der Waals surface area contributed by atoms with Gasteiger partial charge in [-0.3, -0.25) is 9.59 Å². The molecule has 1 saturated heterocycles. The van der Waals surface area contributed by atoms with Crippen LogP contribution in [0.1, 0.15) is 43.2 Å². The number of nitrogens with zero attached hydrogens (tertiary/aromatic N) is 5. The Morgan fingerprint density at radius 2 is 1.90 bits per heavy atom. The summed E-state index contributed by atoms with van der Waals surface area (Å²) in [5.41, 5.74) is 3.33. The van der Waals surface area contributed by atoms with Gasteiger partial charge in [-0.25, -0.2) is 4.68 Å². The maximum atomic E-state index is 14.1. The maximum absolute atomic E-state index is 14.1. The molecule has 2 aromatic carbocycles. The molecule has 2 aromatic heterocycles. The first-order valence-electron chi connectivity index (χ1n) is 13.9. The summed E-state index contributed by atoms with van der Waals surface area (Å²) in [6, 6.07) is 18.7. The third-order valence-electron chi connectivity index (χ3n) is 7.36. The van der Waals surface area contributed by atoms with E-state index in [-0.39, 0.29) is 24.5 Å². The summed E-state index contributed by atoms with van der Waals surface area (Å²) in [5, 5.41) is 13.5. The SMILES string of the molecule is CCN(CC)c1ccc([C@H](C(=O)NC[C@H]2CCCO2)N(Cc2cccs2)C(=O)Cn2nnc3ccccc32)cc1. The van der Waals surface area contributed by atoms with Gasteiger partial charge in [-0.15, -0.1) is 16.4 Å². The summed E-state index contributed by atoms with van der Waals surface area (Å²) in [4.78, 5) is 32.9. The van der Waals surface area contributed by atoms with Crippen molar-refractivity contribution in [3.8, 4) is 0 Å². The van der Waals surface area contributed by atoms with Gasteiger partial charge in [-0.05, 0) is 68.0 Å². The van der Waals surface area contributed by atoms with Crippen LogP contribution in [0, 0.1) is 0 Å². The fraction of sp³-hybridized carbons (Fsp3) is 0.400. The zero-order chi connectivity index (χ0) is 27.9. The zero-order valence-corrected chi connectivity index (χ0v) is 23.8. The molecule has 210 valence electrons. The number of fused-ring (bicyclic) bond motifs is 1. The lowest BCUT2D eigenvalue weighted by Gasteiger charge is -2.32. The molecule has 0 radical (unpaired) electrons. The number of benzene rings is 2. The quantitative estimate of drug-likeness (QED) is 0.276. The van der Waals surface area contributed by atoms with Gasteiger partial charge in [-0.1, -0.05) is 35.5 Å². The number of thiophene rings is 1. The van der Waals surface area contributed by atoms with E-state index in [0.717, 1.165) is 53.1 Å². The van der Waals surface area contributed by atoms with E-state index in [0.29, 0.717) is 19.7 Å². The molecule has 10 heteroatoms. The molecule has 0 spiro atoms. The standard InChI is InChI=1S/C30H36N6O3S/c1-3-34(4-2)23-15-13-22(14-16-23)29(30(38)31-19-24-9-7-17-39-24)35(20-25-10-8-18-40-25)28(37)21-36-27-12-6-5-11-26(27)32-33-36/h5-6,8,10-16,18,24,29H,3-4,7,9,17,19-21H2,1-2H3,(H,31,38)/t24-,29-/m1/s1. The number of anilines is 1. The number of hydrogen-bond donors (Lipinski definition) is 1. The number of para-hydroxylation sites is 1. The van der Waals surface area contributed by atoms with Gasteiger partial charge in [-0.2, -0.15) is 0 Å². The first kappa shape index (κ1) is 27.8. The van der Waals surface area contributed by atoms with E-state index in [2.05, 4.69) is 34.4 Å². The van der Waals surface area contributed by atoms with Crippen molar-refractivity contribution < 1.29 is 14.3 Å². The lowest BCUT2D eigenvalue weighted by molar-refractivity contribution is -0.142. The highest BCUT2D eigenvalue weighted by Crippen LogP contribution is 2.28. The third kappa shape index (κ3) is 6.34. The number of nitrogens with one attached hydrogen (secondary N) is 1. The minimum Gasteiger partial charge on any atom is -0.376 e. The van der Waals surface area contributed by atoms with Crippen LogP contribution in [-0.2, 0) is 27.4 Å². The van der Waals surface area contributed by atoms with E-state index in [9.17, 15) is 9.59 Å². The van der Waals surface area contributed by atoms with Crippen LogP contribution >= 0.6 is 11.3 Å². The van der Waals surface area contributed by atoms with Gasteiger partial charge < -0.3 is 19.9 Å². The second-order valence-electron chi connectivity index (χ2n) is 9.88. The van der Waals surface area contributed by atoms with Crippen molar-refractivity contribution in [2.75, 3.05) is 31.1 Å². The number of carbonyl (C=O) groups excluding carboxylic acids is 2. The number of carbonyl (C=O) groups is 2. The first-order chi connectivity index (χ1) is 19.6. The topological polar surface area (TPSA) is 92.6 Å². The maximum Gasteiger partial charge on any atom is 0.247 e. The molecule has 9 nitrogen and oxygen atoms in total. The van der Waals surface area contributed by atoms with Crippen LogP contribution in [0.4, 0.5) is 5.69 Å². The fourth-order valence-corrected chi connectivity index (χ4v) is 5.90. The fourth-order valence-electron chi connectivity index (χ4n) is 5.19. The van der Waals surface area contributed by atoms with E-state index >= 15 is 0 Å². The monoisotopic (exact) mass is 560 g/mol. The lowest BCUT2D eigenvalue weighted by Crippen LogP contribution is -2.46. The Labute approximate surface area is 238 Å². The Kier molecular flexibility index (Phi) is 9.08. The minimum atomic E-state index is -0.823. The Morgan fingerprint density at radius 3 is 2.60 bits per heavy atom. The van der Waals surface area contributed by atoms with Crippen molar-refractivity contribution in [2.45, 2.75) is 51.9 Å². The first-order valence-corrected chi connectivity index (χ1v) is 14.8. The summed E-state index contributed by atoms with van der Waals surface area (Å²) in [6.45, 7) is 7.42. The Balaban J connectivity index is 1.48. The van der Waals surface area contributed by atoms with Crippen LogP contribution < -0.4 is 10.2 Å².